The molecule has 0 saturated heterocycles. The van der Waals surface area contributed by atoms with Crippen LogP contribution in [0.15, 0.2) is 42.5 Å². The van der Waals surface area contributed by atoms with Crippen LogP contribution in [0.2, 0.25) is 5.02 Å². The first-order chi connectivity index (χ1) is 11.4. The molecular weight excluding hydrogens is 324 g/mol. The number of aryl methyl sites for hydroxylation is 2. The van der Waals surface area contributed by atoms with Crippen LogP contribution in [0, 0.1) is 13.8 Å². The second kappa shape index (κ2) is 7.97. The topological polar surface area (TPSA) is 58.2 Å². The van der Waals surface area contributed by atoms with Gasteiger partial charge in [-0.2, -0.15) is 0 Å². The minimum Gasteiger partial charge on any atom is -0.348 e. The quantitative estimate of drug-likeness (QED) is 0.871. The Hall–Kier alpha value is -2.33. The van der Waals surface area contributed by atoms with E-state index in [9.17, 15) is 9.59 Å². The lowest BCUT2D eigenvalue weighted by atomic mass is 10.1. The van der Waals surface area contributed by atoms with Crippen LogP contribution >= 0.6 is 11.6 Å². The van der Waals surface area contributed by atoms with Gasteiger partial charge >= 0.3 is 0 Å². The van der Waals surface area contributed by atoms with E-state index in [4.69, 9.17) is 11.6 Å². The molecule has 0 aromatic heterocycles. The van der Waals surface area contributed by atoms with Gasteiger partial charge in [-0.25, -0.2) is 0 Å². The summed E-state index contributed by atoms with van der Waals surface area (Å²) in [5.74, 6) is -0.511. The first kappa shape index (κ1) is 18.0. The van der Waals surface area contributed by atoms with E-state index in [2.05, 4.69) is 10.6 Å². The molecule has 0 aliphatic rings. The largest absolute Gasteiger partial charge is 0.348 e. The summed E-state index contributed by atoms with van der Waals surface area (Å²) in [6.07, 6.45) is 0. The first-order valence-electron chi connectivity index (χ1n) is 7.77. The van der Waals surface area contributed by atoms with Gasteiger partial charge in [0.15, 0.2) is 0 Å². The molecule has 0 bridgehead atoms. The Balaban J connectivity index is 1.88. The molecule has 0 fully saturated rings. The van der Waals surface area contributed by atoms with E-state index in [1.54, 1.807) is 18.2 Å². The number of amides is 2. The minimum absolute atomic E-state index is 0.0728. The highest BCUT2D eigenvalue weighted by Gasteiger charge is 2.12. The fourth-order valence-corrected chi connectivity index (χ4v) is 2.50. The van der Waals surface area contributed by atoms with Crippen molar-refractivity contribution in [3.63, 3.8) is 0 Å². The van der Waals surface area contributed by atoms with Gasteiger partial charge in [0.25, 0.3) is 5.91 Å². The molecule has 1 atom stereocenters. The van der Waals surface area contributed by atoms with Crippen LogP contribution in [0.5, 0.6) is 0 Å². The van der Waals surface area contributed by atoms with Crippen LogP contribution in [0.3, 0.4) is 0 Å². The Labute approximate surface area is 147 Å². The molecule has 0 aliphatic carbocycles. The Bertz CT molecular complexity index is 759. The summed E-state index contributed by atoms with van der Waals surface area (Å²) in [6.45, 7) is 5.73. The highest BCUT2D eigenvalue weighted by Crippen LogP contribution is 2.17. The zero-order valence-corrected chi connectivity index (χ0v) is 14.8. The molecule has 126 valence electrons. The van der Waals surface area contributed by atoms with E-state index in [1.165, 1.54) is 0 Å². The average molecular weight is 345 g/mol. The Morgan fingerprint density at radius 1 is 1.08 bits per heavy atom. The van der Waals surface area contributed by atoms with E-state index >= 15 is 0 Å². The summed E-state index contributed by atoms with van der Waals surface area (Å²) in [4.78, 5) is 24.1. The second-order valence-corrected chi connectivity index (χ2v) is 6.26. The lowest BCUT2D eigenvalue weighted by Gasteiger charge is -2.15. The van der Waals surface area contributed by atoms with E-state index < -0.39 is 0 Å². The summed E-state index contributed by atoms with van der Waals surface area (Å²) >= 11 is 5.95. The van der Waals surface area contributed by atoms with Crippen molar-refractivity contribution in [3.8, 4) is 0 Å². The maximum Gasteiger partial charge on any atom is 0.251 e. The smallest absolute Gasteiger partial charge is 0.251 e. The summed E-state index contributed by atoms with van der Waals surface area (Å²) in [5.41, 5.74) is 3.63. The molecule has 0 heterocycles. The molecule has 2 aromatic carbocycles. The van der Waals surface area contributed by atoms with Crippen molar-refractivity contribution in [1.82, 2.24) is 10.6 Å². The van der Waals surface area contributed by atoms with Gasteiger partial charge < -0.3 is 10.6 Å². The van der Waals surface area contributed by atoms with Crippen molar-refractivity contribution >= 4 is 23.4 Å². The van der Waals surface area contributed by atoms with Crippen molar-refractivity contribution in [2.75, 3.05) is 6.54 Å². The van der Waals surface area contributed by atoms with Gasteiger partial charge in [-0.05, 0) is 61.7 Å². The van der Waals surface area contributed by atoms with Crippen LogP contribution in [0.4, 0.5) is 0 Å². The summed E-state index contributed by atoms with van der Waals surface area (Å²) < 4.78 is 0. The Morgan fingerprint density at radius 3 is 2.50 bits per heavy atom. The number of rotatable bonds is 5. The predicted octanol–water partition coefficient (Wildman–Crippen LogP) is 3.56. The SMILES string of the molecule is Cc1ccc(C(=O)NCC(=O)N[C@H](C)c2cccc(Cl)c2)cc1C. The van der Waals surface area contributed by atoms with Crippen molar-refractivity contribution in [2.24, 2.45) is 0 Å². The molecule has 24 heavy (non-hydrogen) atoms. The first-order valence-corrected chi connectivity index (χ1v) is 8.15. The second-order valence-electron chi connectivity index (χ2n) is 5.83. The van der Waals surface area contributed by atoms with E-state index in [-0.39, 0.29) is 24.4 Å². The summed E-state index contributed by atoms with van der Waals surface area (Å²) in [7, 11) is 0. The van der Waals surface area contributed by atoms with Gasteiger partial charge in [0, 0.05) is 10.6 Å². The Kier molecular flexibility index (Phi) is 5.99. The molecule has 2 amide bonds. The lowest BCUT2D eigenvalue weighted by molar-refractivity contribution is -0.120. The lowest BCUT2D eigenvalue weighted by Crippen LogP contribution is -2.38. The van der Waals surface area contributed by atoms with Gasteiger partial charge in [0.05, 0.1) is 12.6 Å². The maximum atomic E-state index is 12.1. The van der Waals surface area contributed by atoms with Crippen LogP contribution < -0.4 is 10.6 Å². The molecular formula is C19H21ClN2O2. The Morgan fingerprint density at radius 2 is 1.83 bits per heavy atom. The third-order valence-electron chi connectivity index (χ3n) is 3.90. The molecule has 0 radical (unpaired) electrons. The van der Waals surface area contributed by atoms with E-state index in [1.807, 2.05) is 45.0 Å². The van der Waals surface area contributed by atoms with Crippen molar-refractivity contribution in [3.05, 3.63) is 69.7 Å². The zero-order chi connectivity index (χ0) is 17.7. The molecule has 4 nitrogen and oxygen atoms in total. The van der Waals surface area contributed by atoms with Crippen molar-refractivity contribution < 1.29 is 9.59 Å². The number of hydrogen-bond acceptors (Lipinski definition) is 2. The van der Waals surface area contributed by atoms with Crippen LogP contribution in [0.25, 0.3) is 0 Å². The molecule has 0 saturated carbocycles. The number of hydrogen-bond donors (Lipinski definition) is 2. The fourth-order valence-electron chi connectivity index (χ4n) is 2.30. The number of halogens is 1. The standard InChI is InChI=1S/C19H21ClN2O2/c1-12-7-8-16(9-13(12)2)19(24)21-11-18(23)22-14(3)15-5-4-6-17(20)10-15/h4-10,14H,11H2,1-3H3,(H,21,24)(H,22,23)/t14-/m1/s1. The molecule has 5 heteroatoms. The van der Waals surface area contributed by atoms with Crippen LogP contribution in [-0.2, 0) is 4.79 Å². The number of benzene rings is 2. The predicted molar refractivity (Wildman–Crippen MR) is 96.3 cm³/mol. The fraction of sp³-hybridized carbons (Fsp3) is 0.263. The average Bonchev–Trinajstić information content (AvgIpc) is 2.55. The van der Waals surface area contributed by atoms with Gasteiger partial charge in [-0.1, -0.05) is 29.8 Å². The molecule has 0 unspecified atom stereocenters. The molecule has 0 aliphatic heterocycles. The van der Waals surface area contributed by atoms with E-state index in [0.717, 1.165) is 16.7 Å². The summed E-state index contributed by atoms with van der Waals surface area (Å²) in [6, 6.07) is 12.6. The van der Waals surface area contributed by atoms with Gasteiger partial charge in [0.1, 0.15) is 0 Å². The number of carbonyl (C=O) groups is 2. The zero-order valence-electron chi connectivity index (χ0n) is 14.0. The van der Waals surface area contributed by atoms with Crippen molar-refractivity contribution in [1.29, 1.82) is 0 Å². The highest BCUT2D eigenvalue weighted by molar-refractivity contribution is 6.30. The maximum absolute atomic E-state index is 12.1. The highest BCUT2D eigenvalue weighted by atomic mass is 35.5. The molecule has 2 N–H and O–H groups in total. The van der Waals surface area contributed by atoms with Crippen molar-refractivity contribution in [2.45, 2.75) is 26.8 Å². The van der Waals surface area contributed by atoms with Gasteiger partial charge in [0.2, 0.25) is 5.91 Å². The number of carbonyl (C=O) groups excluding carboxylic acids is 2. The van der Waals surface area contributed by atoms with Crippen LogP contribution in [0.1, 0.15) is 40.0 Å². The third-order valence-corrected chi connectivity index (χ3v) is 4.14. The van der Waals surface area contributed by atoms with Gasteiger partial charge in [-0.3, -0.25) is 9.59 Å². The number of nitrogens with one attached hydrogen (secondary N) is 2. The summed E-state index contributed by atoms with van der Waals surface area (Å²) in [5, 5.41) is 6.10. The molecule has 2 aromatic rings. The third kappa shape index (κ3) is 4.83. The van der Waals surface area contributed by atoms with Gasteiger partial charge in [-0.15, -0.1) is 0 Å². The normalized spacial score (nSPS) is 11.7. The molecule has 2 rings (SSSR count). The van der Waals surface area contributed by atoms with Crippen LogP contribution in [-0.4, -0.2) is 18.4 Å². The monoisotopic (exact) mass is 344 g/mol. The minimum atomic E-state index is -0.261. The molecule has 0 spiro atoms. The van der Waals surface area contributed by atoms with E-state index in [0.29, 0.717) is 10.6 Å².